The molecule has 1 fully saturated rings. The third-order valence-corrected chi connectivity index (χ3v) is 4.65. The Morgan fingerprint density at radius 1 is 1.29 bits per heavy atom. The van der Waals surface area contributed by atoms with Crippen LogP contribution in [0.25, 0.3) is 5.69 Å². The molecule has 0 amide bonds. The fourth-order valence-electron chi connectivity index (χ4n) is 3.11. The maximum absolute atomic E-state index is 9.46. The second-order valence-electron chi connectivity index (χ2n) is 5.85. The number of hydrogen-bond donors (Lipinski definition) is 0. The zero-order chi connectivity index (χ0) is 15.0. The zero-order valence-electron chi connectivity index (χ0n) is 12.4. The van der Waals surface area contributed by atoms with Gasteiger partial charge < -0.3 is 0 Å². The van der Waals surface area contributed by atoms with Gasteiger partial charge in [0.05, 0.1) is 11.4 Å². The van der Waals surface area contributed by atoms with Crippen molar-refractivity contribution in [3.8, 4) is 11.8 Å². The Bertz CT molecular complexity index is 718. The molecule has 1 saturated carbocycles. The van der Waals surface area contributed by atoms with Crippen LogP contribution in [0.15, 0.2) is 18.2 Å². The second kappa shape index (κ2) is 5.54. The van der Waals surface area contributed by atoms with Crippen molar-refractivity contribution in [3.63, 3.8) is 0 Å². The summed E-state index contributed by atoms with van der Waals surface area (Å²) in [6.07, 6.45) is 4.64. The molecule has 1 heterocycles. The fourth-order valence-corrected chi connectivity index (χ4v) is 3.38. The van der Waals surface area contributed by atoms with E-state index in [0.29, 0.717) is 16.6 Å². The van der Waals surface area contributed by atoms with E-state index in [2.05, 4.69) is 24.3 Å². The monoisotopic (exact) mass is 299 g/mol. The van der Waals surface area contributed by atoms with Crippen molar-refractivity contribution in [1.29, 1.82) is 5.26 Å². The van der Waals surface area contributed by atoms with E-state index in [-0.39, 0.29) is 0 Å². The van der Waals surface area contributed by atoms with E-state index in [9.17, 15) is 5.26 Å². The Morgan fingerprint density at radius 2 is 2.00 bits per heavy atom. The largest absolute Gasteiger partial charge is 0.220 e. The van der Waals surface area contributed by atoms with Gasteiger partial charge in [0.15, 0.2) is 5.15 Å². The summed E-state index contributed by atoms with van der Waals surface area (Å²) in [6, 6.07) is 8.44. The molecule has 1 aliphatic carbocycles. The van der Waals surface area contributed by atoms with Crippen LogP contribution < -0.4 is 0 Å². The molecule has 1 aromatic heterocycles. The zero-order valence-corrected chi connectivity index (χ0v) is 13.1. The van der Waals surface area contributed by atoms with Crippen molar-refractivity contribution in [1.82, 2.24) is 9.78 Å². The molecule has 3 rings (SSSR count). The topological polar surface area (TPSA) is 41.6 Å². The number of hydrogen-bond acceptors (Lipinski definition) is 2. The van der Waals surface area contributed by atoms with Gasteiger partial charge >= 0.3 is 0 Å². The fraction of sp³-hybridized carbons (Fsp3) is 0.412. The molecule has 1 aromatic carbocycles. The molecular weight excluding hydrogens is 282 g/mol. The van der Waals surface area contributed by atoms with Crippen LogP contribution in [0.4, 0.5) is 0 Å². The van der Waals surface area contributed by atoms with Crippen molar-refractivity contribution >= 4 is 11.6 Å². The highest BCUT2D eigenvalue weighted by atomic mass is 35.5. The molecule has 0 spiro atoms. The van der Waals surface area contributed by atoms with Crippen LogP contribution in [0, 0.1) is 25.2 Å². The molecule has 4 heteroatoms. The molecule has 0 radical (unpaired) electrons. The first kappa shape index (κ1) is 14.2. The summed E-state index contributed by atoms with van der Waals surface area (Å²) in [4.78, 5) is 0. The lowest BCUT2D eigenvalue weighted by atomic mass is 10.0. The first-order valence-corrected chi connectivity index (χ1v) is 7.75. The van der Waals surface area contributed by atoms with Crippen LogP contribution in [-0.2, 0) is 0 Å². The van der Waals surface area contributed by atoms with E-state index in [1.54, 1.807) is 4.68 Å². The summed E-state index contributed by atoms with van der Waals surface area (Å²) in [7, 11) is 0. The first-order valence-electron chi connectivity index (χ1n) is 7.38. The van der Waals surface area contributed by atoms with Crippen LogP contribution >= 0.6 is 11.6 Å². The number of aryl methyl sites for hydroxylation is 2. The van der Waals surface area contributed by atoms with Crippen LogP contribution in [0.1, 0.15) is 54.0 Å². The third kappa shape index (κ3) is 2.45. The van der Waals surface area contributed by atoms with Gasteiger partial charge in [-0.05, 0) is 43.9 Å². The molecule has 108 valence electrons. The number of aromatic nitrogens is 2. The standard InChI is InChI=1S/C17H18ClN3/c1-11-7-8-12(2)15(9-11)21-17(18)14(10-19)16(20-21)13-5-3-4-6-13/h7-9,13H,3-6H2,1-2H3. The maximum atomic E-state index is 9.46. The SMILES string of the molecule is Cc1ccc(C)c(-n2nc(C3CCCC3)c(C#N)c2Cl)c1. The Balaban J connectivity index is 2.15. The summed E-state index contributed by atoms with van der Waals surface area (Å²) < 4.78 is 1.73. The van der Waals surface area contributed by atoms with Gasteiger partial charge in [-0.1, -0.05) is 36.6 Å². The Kier molecular flexibility index (Phi) is 3.73. The normalized spacial score (nSPS) is 15.3. The Hall–Kier alpha value is -1.79. The molecule has 0 N–H and O–H groups in total. The highest BCUT2D eigenvalue weighted by Crippen LogP contribution is 2.38. The summed E-state index contributed by atoms with van der Waals surface area (Å²) >= 11 is 6.44. The molecule has 3 nitrogen and oxygen atoms in total. The van der Waals surface area contributed by atoms with Crippen molar-refractivity contribution < 1.29 is 0 Å². The molecule has 21 heavy (non-hydrogen) atoms. The lowest BCUT2D eigenvalue weighted by Crippen LogP contribution is -2.02. The summed E-state index contributed by atoms with van der Waals surface area (Å²) in [5.41, 5.74) is 4.64. The Morgan fingerprint density at radius 3 is 2.67 bits per heavy atom. The van der Waals surface area contributed by atoms with Gasteiger partial charge in [-0.2, -0.15) is 10.4 Å². The van der Waals surface area contributed by atoms with Crippen molar-refractivity contribution in [2.24, 2.45) is 0 Å². The number of nitriles is 1. The molecular formula is C17H18ClN3. The molecule has 0 saturated heterocycles. The minimum atomic E-state index is 0.378. The molecule has 0 aliphatic heterocycles. The van der Waals surface area contributed by atoms with Crippen molar-refractivity contribution in [2.75, 3.05) is 0 Å². The van der Waals surface area contributed by atoms with Gasteiger partial charge in [-0.15, -0.1) is 0 Å². The average molecular weight is 300 g/mol. The predicted octanol–water partition coefficient (Wildman–Crippen LogP) is 4.67. The lowest BCUT2D eigenvalue weighted by Gasteiger charge is -2.08. The van der Waals surface area contributed by atoms with Gasteiger partial charge in [-0.25, -0.2) is 4.68 Å². The predicted molar refractivity (Wildman–Crippen MR) is 84.0 cm³/mol. The van der Waals surface area contributed by atoms with E-state index >= 15 is 0 Å². The van der Waals surface area contributed by atoms with E-state index in [0.717, 1.165) is 35.3 Å². The van der Waals surface area contributed by atoms with Gasteiger partial charge in [0.25, 0.3) is 0 Å². The van der Waals surface area contributed by atoms with E-state index < -0.39 is 0 Å². The smallest absolute Gasteiger partial charge is 0.150 e. The minimum absolute atomic E-state index is 0.378. The number of benzene rings is 1. The summed E-state index contributed by atoms with van der Waals surface area (Å²) in [5, 5.41) is 14.6. The number of rotatable bonds is 2. The van der Waals surface area contributed by atoms with E-state index in [1.165, 1.54) is 12.8 Å². The third-order valence-electron chi connectivity index (χ3n) is 4.30. The maximum Gasteiger partial charge on any atom is 0.150 e. The molecule has 1 aliphatic rings. The van der Waals surface area contributed by atoms with Gasteiger partial charge in [-0.3, -0.25) is 0 Å². The summed E-state index contributed by atoms with van der Waals surface area (Å²) in [6.45, 7) is 4.08. The highest BCUT2D eigenvalue weighted by molar-refractivity contribution is 6.31. The quantitative estimate of drug-likeness (QED) is 0.808. The van der Waals surface area contributed by atoms with Gasteiger partial charge in [0.2, 0.25) is 0 Å². The molecule has 0 unspecified atom stereocenters. The minimum Gasteiger partial charge on any atom is -0.220 e. The molecule has 0 atom stereocenters. The second-order valence-corrected chi connectivity index (χ2v) is 6.20. The molecule has 0 bridgehead atoms. The number of halogens is 1. The van der Waals surface area contributed by atoms with Crippen LogP contribution in [0.5, 0.6) is 0 Å². The average Bonchev–Trinajstić information content (AvgIpc) is 3.09. The van der Waals surface area contributed by atoms with Crippen molar-refractivity contribution in [2.45, 2.75) is 45.4 Å². The lowest BCUT2D eigenvalue weighted by molar-refractivity contribution is 0.677. The van der Waals surface area contributed by atoms with Crippen molar-refractivity contribution in [3.05, 3.63) is 45.7 Å². The Labute approximate surface area is 130 Å². The van der Waals surface area contributed by atoms with Crippen LogP contribution in [0.2, 0.25) is 5.15 Å². The van der Waals surface area contributed by atoms with Gasteiger partial charge in [0.1, 0.15) is 11.6 Å². The van der Waals surface area contributed by atoms with Crippen LogP contribution in [-0.4, -0.2) is 9.78 Å². The van der Waals surface area contributed by atoms with E-state index in [4.69, 9.17) is 16.7 Å². The first-order chi connectivity index (χ1) is 10.1. The number of nitrogens with zero attached hydrogens (tertiary/aromatic N) is 3. The molecule has 2 aromatic rings. The highest BCUT2D eigenvalue weighted by Gasteiger charge is 2.27. The summed E-state index contributed by atoms with van der Waals surface area (Å²) in [5.74, 6) is 0.378. The van der Waals surface area contributed by atoms with E-state index in [1.807, 2.05) is 13.8 Å². The van der Waals surface area contributed by atoms with Gasteiger partial charge in [0, 0.05) is 5.92 Å². The van der Waals surface area contributed by atoms with Crippen LogP contribution in [0.3, 0.4) is 0 Å².